The second kappa shape index (κ2) is 38.7. The van der Waals surface area contributed by atoms with Gasteiger partial charge in [-0.05, 0) is 159 Å². The Labute approximate surface area is 777 Å². The van der Waals surface area contributed by atoms with Crippen molar-refractivity contribution in [1.29, 1.82) is 0 Å². The van der Waals surface area contributed by atoms with E-state index in [1.807, 2.05) is 73.8 Å². The van der Waals surface area contributed by atoms with Crippen LogP contribution in [0.3, 0.4) is 0 Å². The molecule has 2 atom stereocenters. The van der Waals surface area contributed by atoms with E-state index in [1.54, 1.807) is 66.7 Å². The summed E-state index contributed by atoms with van der Waals surface area (Å²) in [5.74, 6) is -0.342. The second-order valence-electron chi connectivity index (χ2n) is 32.8. The van der Waals surface area contributed by atoms with Gasteiger partial charge in [0.15, 0.2) is 52.5 Å². The zero-order valence-electron chi connectivity index (χ0n) is 73.5. The Bertz CT molecular complexity index is 7070. The first-order valence-electron chi connectivity index (χ1n) is 42.5. The van der Waals surface area contributed by atoms with Crippen LogP contribution in [-0.4, -0.2) is 168 Å². The fourth-order valence-corrected chi connectivity index (χ4v) is 21.6. The van der Waals surface area contributed by atoms with Gasteiger partial charge in [0.2, 0.25) is 0 Å². The second-order valence-corrected chi connectivity index (χ2v) is 42.7. The molecule has 14 aromatic rings. The van der Waals surface area contributed by atoms with Gasteiger partial charge in [-0.25, -0.2) is 91.5 Å². The number of nitrogen functional groups attached to an aromatic ring is 1. The Morgan fingerprint density at radius 2 is 0.850 bits per heavy atom. The molecule has 11 aromatic heterocycles. The molecule has 17 heterocycles. The summed E-state index contributed by atoms with van der Waals surface area (Å²) in [5.41, 5.74) is 18.8. The molecule has 0 saturated carbocycles. The summed E-state index contributed by atoms with van der Waals surface area (Å²) in [5, 5.41) is 25.0. The number of benzene rings is 3. The van der Waals surface area contributed by atoms with E-state index in [9.17, 15) is 51.6 Å². The van der Waals surface area contributed by atoms with Crippen LogP contribution in [0, 0.1) is 41.5 Å². The standard InChI is InChI=1S/C31H33F2N7O4S2.C27H26F2N6O3S2.C24H24ClF2N5O3S2.C6H9N3O/c1-17-18(2)45-31(34-17)19-7-8-23(25(12-19)46(3,41)42)36-24-15-20(13-21-14-22-16-43-11-9-39(22)38-21)35-29-27(24)37-30(28(32)33)40(29)26-6-4-5-10-44-26;1-14-15(2)39-27(30-14)16-4-5-20(24(8-16)40(3,36)37)32-21-11-17(31-22-12-23(26(28)29)33-25(21)22)9-18-10-19-13-38-7-6-35(19)34-18;1-12-13(2)36-24(28-12)14-7-8-15(17(10-14)37(3,33)34)29-16-11-18(25)30-22-20(16)31-23(21(26)27)32(22)19-6-4-5-9-35-19;7-6-3-5-4-10-2-1-9(5)8-6/h7-8,12,14-15,26,28H,4-6,9-11,13,16H2,1-3H3,(H,35,36);4-5,8,10-11,26H,6-7,9,12-13H2,1-3H3,(H,31,32);7-8,10-11,19,21H,4-6,9H2,1-3H3,(H,29,30);3H,1-2,4H2,(H2,7,8). The first-order chi connectivity index (χ1) is 63.5. The summed E-state index contributed by atoms with van der Waals surface area (Å²) in [6.07, 6.45) is -1.37. The van der Waals surface area contributed by atoms with Gasteiger partial charge in [0, 0.05) is 100 Å². The molecule has 5 N–H and O–H groups in total. The number of halogens is 7. The van der Waals surface area contributed by atoms with Crippen LogP contribution in [0.1, 0.15) is 153 Å². The molecule has 20 rings (SSSR count). The van der Waals surface area contributed by atoms with Gasteiger partial charge in [0.25, 0.3) is 19.3 Å². The molecule has 32 nitrogen and oxygen atoms in total. The highest BCUT2D eigenvalue weighted by atomic mass is 35.5. The SMILES string of the molecule is Cc1nc(-c2ccc(Nc3cc(Cc4cc5n(n4)CCOC5)nc4c3N=C(C(F)F)C4)c(S(C)(=O)=O)c2)sc1C.Cc1nc(-c2ccc(Nc3cc(Cc4cc5n(n4)CCOC5)nc4c3nc(C(F)F)n4C3CCCCO3)c(S(C)(=O)=O)c2)sc1C.Cc1nc(-c2ccc(Nc3cc(Cl)nc4c3nc(C(F)F)n4C3CCCCO3)c(S(C)(=O)=O)c2)sc1C.Nc1cc2n(n1)CCOC2. The third-order valence-electron chi connectivity index (χ3n) is 22.9. The Morgan fingerprint density at radius 1 is 0.451 bits per heavy atom. The van der Waals surface area contributed by atoms with Crippen LogP contribution in [0.4, 0.5) is 72.0 Å². The summed E-state index contributed by atoms with van der Waals surface area (Å²) in [4.78, 5) is 43.4. The van der Waals surface area contributed by atoms with E-state index in [0.717, 1.165) is 123 Å². The van der Waals surface area contributed by atoms with Crippen molar-refractivity contribution in [3.05, 3.63) is 185 Å². The minimum Gasteiger partial charge on any atom is -0.382 e. The number of imidazole rings is 2. The molecule has 2 fully saturated rings. The highest BCUT2D eigenvalue weighted by Crippen LogP contribution is 2.45. The number of rotatable bonds is 21. The predicted octanol–water partition coefficient (Wildman–Crippen LogP) is 18.1. The fourth-order valence-electron chi connectivity index (χ4n) is 16.1. The number of aryl methyl sites for hydroxylation is 6. The van der Waals surface area contributed by atoms with E-state index >= 15 is 0 Å². The van der Waals surface area contributed by atoms with Gasteiger partial charge in [-0.1, -0.05) is 11.6 Å². The van der Waals surface area contributed by atoms with Crippen LogP contribution in [0.25, 0.3) is 54.0 Å². The summed E-state index contributed by atoms with van der Waals surface area (Å²) in [7, 11) is -11.1. The van der Waals surface area contributed by atoms with E-state index in [0.29, 0.717) is 152 Å². The van der Waals surface area contributed by atoms with Gasteiger partial charge < -0.3 is 45.4 Å². The molecule has 0 amide bonds. The van der Waals surface area contributed by atoms with E-state index in [4.69, 9.17) is 51.1 Å². The number of anilines is 7. The zero-order valence-corrected chi connectivity index (χ0v) is 79.1. The smallest absolute Gasteiger partial charge is 0.295 e. The quantitative estimate of drug-likeness (QED) is 0.0383. The number of nitrogens with two attached hydrogens (primary N) is 1. The third kappa shape index (κ3) is 20.8. The lowest BCUT2D eigenvalue weighted by atomic mass is 10.1. The van der Waals surface area contributed by atoms with Crippen LogP contribution in [0.15, 0.2) is 111 Å². The molecule has 6 aliphatic heterocycles. The van der Waals surface area contributed by atoms with Gasteiger partial charge in [-0.15, -0.1) is 34.0 Å². The number of ether oxygens (including phenoxy) is 5. The molecule has 2 unspecified atom stereocenters. The van der Waals surface area contributed by atoms with Gasteiger partial charge in [-0.3, -0.25) is 28.2 Å². The van der Waals surface area contributed by atoms with Gasteiger partial charge >= 0.3 is 0 Å². The number of hydrogen-bond acceptors (Lipinski definition) is 30. The summed E-state index contributed by atoms with van der Waals surface area (Å²) >= 11 is 10.7. The van der Waals surface area contributed by atoms with E-state index in [-0.39, 0.29) is 77.0 Å². The van der Waals surface area contributed by atoms with Gasteiger partial charge in [0.05, 0.1) is 171 Å². The molecule has 3 aromatic carbocycles. The minimum atomic E-state index is -3.73. The molecule has 6 aliphatic rings. The van der Waals surface area contributed by atoms with Crippen molar-refractivity contribution >= 4 is 149 Å². The largest absolute Gasteiger partial charge is 0.382 e. The lowest BCUT2D eigenvalue weighted by Crippen LogP contribution is -2.20. The van der Waals surface area contributed by atoms with Crippen LogP contribution in [0.2, 0.25) is 5.15 Å². The number of thiazole rings is 3. The van der Waals surface area contributed by atoms with Gasteiger partial charge in [-0.2, -0.15) is 15.3 Å². The Morgan fingerprint density at radius 3 is 1.23 bits per heavy atom. The molecule has 0 spiro atoms. The lowest BCUT2D eigenvalue weighted by molar-refractivity contribution is -0.0363. The molecule has 0 bridgehead atoms. The number of pyridine rings is 3. The predicted molar refractivity (Wildman–Crippen MR) is 495 cm³/mol. The molecule has 0 radical (unpaired) electrons. The Hall–Kier alpha value is -11.0. The number of aliphatic imine (C=N–C) groups is 1. The Balaban J connectivity index is 0.000000132. The number of aromatic nitrogens is 16. The number of sulfone groups is 3. The number of nitrogens with zero attached hydrogens (tertiary/aromatic N) is 17. The first-order valence-corrected chi connectivity index (χ1v) is 51.0. The summed E-state index contributed by atoms with van der Waals surface area (Å²) in [6.45, 7) is 18.1. The van der Waals surface area contributed by atoms with Crippen molar-refractivity contribution in [2.24, 2.45) is 4.99 Å². The maximum atomic E-state index is 14.5. The van der Waals surface area contributed by atoms with Crippen molar-refractivity contribution in [2.75, 3.05) is 73.5 Å². The van der Waals surface area contributed by atoms with Crippen LogP contribution < -0.4 is 21.7 Å². The third-order valence-corrected chi connectivity index (χ3v) is 29.9. The number of hydrogen-bond donors (Lipinski definition) is 4. The minimum absolute atomic E-state index is 0.0284. The molecule has 0 aliphatic carbocycles. The highest BCUT2D eigenvalue weighted by Gasteiger charge is 2.35. The van der Waals surface area contributed by atoms with Gasteiger partial charge in [0.1, 0.15) is 55.2 Å². The topological polar surface area (TPSA) is 389 Å². The molecular weight excluding hydrogens is 1870 g/mol. The van der Waals surface area contributed by atoms with Crippen LogP contribution >= 0.6 is 45.6 Å². The first kappa shape index (κ1) is 93.8. The molecule has 700 valence electrons. The monoisotopic (exact) mass is 1960 g/mol. The maximum absolute atomic E-state index is 14.5. The maximum Gasteiger partial charge on any atom is 0.295 e. The molecule has 2 saturated heterocycles. The van der Waals surface area contributed by atoms with Crippen molar-refractivity contribution in [3.8, 4) is 31.7 Å². The van der Waals surface area contributed by atoms with Crippen LogP contribution in [-0.2, 0) is 112 Å². The molecular formula is C88H92ClF6N21O11S6. The molecule has 45 heteroatoms. The van der Waals surface area contributed by atoms with E-state index in [2.05, 4.69) is 66.0 Å². The highest BCUT2D eigenvalue weighted by molar-refractivity contribution is 7.91. The number of alkyl halides is 6. The average molecular weight is 1960 g/mol. The Kier molecular flexibility index (Phi) is 27.3. The van der Waals surface area contributed by atoms with E-state index in [1.165, 1.54) is 49.2 Å². The summed E-state index contributed by atoms with van der Waals surface area (Å²) in [6, 6.07) is 25.7. The average Bonchev–Trinajstić information content (AvgIpc) is 1.59. The summed E-state index contributed by atoms with van der Waals surface area (Å²) < 4.78 is 198. The number of fused-ring (bicyclic) bond motifs is 6. The van der Waals surface area contributed by atoms with Crippen molar-refractivity contribution in [2.45, 2.75) is 185 Å². The van der Waals surface area contributed by atoms with Crippen molar-refractivity contribution in [1.82, 2.24) is 78.3 Å². The van der Waals surface area contributed by atoms with Crippen LogP contribution in [0.5, 0.6) is 0 Å². The van der Waals surface area contributed by atoms with E-state index < -0.39 is 72.9 Å². The van der Waals surface area contributed by atoms with Crippen molar-refractivity contribution < 1.29 is 75.3 Å². The number of nitrogens with one attached hydrogen (secondary N) is 3. The van der Waals surface area contributed by atoms with Crippen molar-refractivity contribution in [3.63, 3.8) is 0 Å². The fraction of sp³-hybridized carbons (Fsp3) is 0.386. The molecule has 133 heavy (non-hydrogen) atoms. The normalized spacial score (nSPS) is 16.2. The zero-order chi connectivity index (χ0) is 93.8. The lowest BCUT2D eigenvalue weighted by Gasteiger charge is -2.25.